The van der Waals surface area contributed by atoms with Gasteiger partial charge in [-0.3, -0.25) is 0 Å². The van der Waals surface area contributed by atoms with Gasteiger partial charge in [-0.05, 0) is 36.8 Å². The van der Waals surface area contributed by atoms with E-state index >= 15 is 0 Å². The van der Waals surface area contributed by atoms with E-state index in [-0.39, 0.29) is 6.04 Å². The monoisotopic (exact) mass is 352 g/mol. The third-order valence-corrected chi connectivity index (χ3v) is 5.19. The van der Waals surface area contributed by atoms with Crippen LogP contribution in [0.1, 0.15) is 57.6 Å². The van der Waals surface area contributed by atoms with Gasteiger partial charge in [-0.1, -0.05) is 60.8 Å². The summed E-state index contributed by atoms with van der Waals surface area (Å²) in [5.41, 5.74) is 7.65. The Labute approximate surface area is 138 Å². The molecule has 3 heteroatoms. The minimum absolute atomic E-state index is 0.122. The SMILES string of the molecule is CC(C)CN(CCC(N)c1ccccc1Br)C1CCCC1. The molecule has 2 nitrogen and oxygen atoms in total. The van der Waals surface area contributed by atoms with E-state index in [1.54, 1.807) is 0 Å². The Morgan fingerprint density at radius 2 is 1.90 bits per heavy atom. The normalized spacial score (nSPS) is 17.8. The van der Waals surface area contributed by atoms with E-state index in [1.165, 1.54) is 37.8 Å². The second kappa shape index (κ2) is 8.30. The summed E-state index contributed by atoms with van der Waals surface area (Å²) in [6.45, 7) is 6.95. The highest BCUT2D eigenvalue weighted by Crippen LogP contribution is 2.27. The molecule has 1 aliphatic rings. The molecule has 0 heterocycles. The first-order valence-electron chi connectivity index (χ1n) is 8.32. The van der Waals surface area contributed by atoms with E-state index in [2.05, 4.69) is 52.9 Å². The molecule has 118 valence electrons. The molecule has 0 radical (unpaired) electrons. The Kier molecular flexibility index (Phi) is 6.72. The molecule has 0 aliphatic heterocycles. The van der Waals surface area contributed by atoms with Crippen molar-refractivity contribution in [3.05, 3.63) is 34.3 Å². The van der Waals surface area contributed by atoms with Crippen molar-refractivity contribution >= 4 is 15.9 Å². The lowest BCUT2D eigenvalue weighted by Gasteiger charge is -2.31. The van der Waals surface area contributed by atoms with E-state index in [9.17, 15) is 0 Å². The standard InChI is InChI=1S/C18H29BrN2/c1-14(2)13-21(15-7-3-4-8-15)12-11-18(20)16-9-5-6-10-17(16)19/h5-6,9-10,14-15,18H,3-4,7-8,11-13,20H2,1-2H3. The molecule has 0 aromatic heterocycles. The van der Waals surface area contributed by atoms with Crippen molar-refractivity contribution in [3.63, 3.8) is 0 Å². The number of nitrogens with two attached hydrogens (primary N) is 1. The third-order valence-electron chi connectivity index (χ3n) is 4.47. The van der Waals surface area contributed by atoms with E-state index in [1.807, 2.05) is 6.07 Å². The number of benzene rings is 1. The Bertz CT molecular complexity index is 427. The molecule has 0 bridgehead atoms. The lowest BCUT2D eigenvalue weighted by molar-refractivity contribution is 0.171. The summed E-state index contributed by atoms with van der Waals surface area (Å²) >= 11 is 3.62. The summed E-state index contributed by atoms with van der Waals surface area (Å²) in [5.74, 6) is 0.727. The quantitative estimate of drug-likeness (QED) is 0.767. The molecule has 1 aliphatic carbocycles. The molecule has 1 saturated carbocycles. The van der Waals surface area contributed by atoms with Gasteiger partial charge in [-0.2, -0.15) is 0 Å². The largest absolute Gasteiger partial charge is 0.324 e. The Balaban J connectivity index is 1.92. The number of nitrogens with zero attached hydrogens (tertiary/aromatic N) is 1. The fourth-order valence-electron chi connectivity index (χ4n) is 3.40. The van der Waals surface area contributed by atoms with Gasteiger partial charge in [-0.25, -0.2) is 0 Å². The van der Waals surface area contributed by atoms with Gasteiger partial charge in [0.1, 0.15) is 0 Å². The molecule has 1 aromatic carbocycles. The van der Waals surface area contributed by atoms with Crippen LogP contribution in [0.3, 0.4) is 0 Å². The molecular weight excluding hydrogens is 324 g/mol. The van der Waals surface area contributed by atoms with Crippen molar-refractivity contribution in [2.45, 2.75) is 58.0 Å². The first-order chi connectivity index (χ1) is 10.1. The van der Waals surface area contributed by atoms with Crippen LogP contribution in [-0.2, 0) is 0 Å². The first-order valence-corrected chi connectivity index (χ1v) is 9.11. The summed E-state index contributed by atoms with van der Waals surface area (Å²) in [6, 6.07) is 9.25. The van der Waals surface area contributed by atoms with Crippen molar-refractivity contribution in [1.82, 2.24) is 4.90 Å². The van der Waals surface area contributed by atoms with Crippen LogP contribution in [-0.4, -0.2) is 24.0 Å². The molecule has 1 fully saturated rings. The van der Waals surface area contributed by atoms with Gasteiger partial charge >= 0.3 is 0 Å². The number of rotatable bonds is 7. The van der Waals surface area contributed by atoms with Gasteiger partial charge < -0.3 is 10.6 Å². The zero-order valence-electron chi connectivity index (χ0n) is 13.4. The number of hydrogen-bond acceptors (Lipinski definition) is 2. The van der Waals surface area contributed by atoms with Gasteiger partial charge in [0.25, 0.3) is 0 Å². The molecule has 0 spiro atoms. The lowest BCUT2D eigenvalue weighted by Crippen LogP contribution is -2.38. The van der Waals surface area contributed by atoms with Gasteiger partial charge in [0.05, 0.1) is 0 Å². The maximum atomic E-state index is 6.42. The summed E-state index contributed by atoms with van der Waals surface area (Å²) in [6.07, 6.45) is 6.57. The van der Waals surface area contributed by atoms with Crippen LogP contribution >= 0.6 is 15.9 Å². The van der Waals surface area contributed by atoms with Crippen molar-refractivity contribution in [3.8, 4) is 0 Å². The molecule has 2 N–H and O–H groups in total. The minimum Gasteiger partial charge on any atom is -0.324 e. The van der Waals surface area contributed by atoms with Crippen molar-refractivity contribution < 1.29 is 0 Å². The Morgan fingerprint density at radius 1 is 1.24 bits per heavy atom. The van der Waals surface area contributed by atoms with Crippen molar-refractivity contribution in [2.24, 2.45) is 11.7 Å². The summed E-state index contributed by atoms with van der Waals surface area (Å²) < 4.78 is 1.13. The Morgan fingerprint density at radius 3 is 2.52 bits per heavy atom. The maximum Gasteiger partial charge on any atom is 0.0318 e. The van der Waals surface area contributed by atoms with Crippen LogP contribution in [0.5, 0.6) is 0 Å². The molecule has 2 rings (SSSR count). The zero-order chi connectivity index (χ0) is 15.2. The second-order valence-corrected chi connectivity index (χ2v) is 7.60. The smallest absolute Gasteiger partial charge is 0.0318 e. The molecule has 1 atom stereocenters. The topological polar surface area (TPSA) is 29.3 Å². The molecule has 21 heavy (non-hydrogen) atoms. The highest BCUT2D eigenvalue weighted by atomic mass is 79.9. The second-order valence-electron chi connectivity index (χ2n) is 6.74. The summed E-state index contributed by atoms with van der Waals surface area (Å²) in [7, 11) is 0. The van der Waals surface area contributed by atoms with E-state index in [0.29, 0.717) is 0 Å². The first kappa shape index (κ1) is 17.0. The van der Waals surface area contributed by atoms with Crippen LogP contribution in [0.2, 0.25) is 0 Å². The zero-order valence-corrected chi connectivity index (χ0v) is 15.0. The van der Waals surface area contributed by atoms with Crippen LogP contribution in [0.15, 0.2) is 28.7 Å². The van der Waals surface area contributed by atoms with Crippen LogP contribution in [0.4, 0.5) is 0 Å². The van der Waals surface area contributed by atoms with E-state index in [0.717, 1.165) is 29.4 Å². The van der Waals surface area contributed by atoms with Gasteiger partial charge in [0.2, 0.25) is 0 Å². The third kappa shape index (κ3) is 5.08. The van der Waals surface area contributed by atoms with E-state index < -0.39 is 0 Å². The molecule has 1 unspecified atom stereocenters. The lowest BCUT2D eigenvalue weighted by atomic mass is 10.0. The molecule has 0 amide bonds. The predicted octanol–water partition coefficient (Wildman–Crippen LogP) is 4.74. The number of halogens is 1. The van der Waals surface area contributed by atoms with Crippen LogP contribution in [0, 0.1) is 5.92 Å². The van der Waals surface area contributed by atoms with Gasteiger partial charge in [0, 0.05) is 29.6 Å². The van der Waals surface area contributed by atoms with Gasteiger partial charge in [-0.15, -0.1) is 0 Å². The van der Waals surface area contributed by atoms with Crippen molar-refractivity contribution in [1.29, 1.82) is 0 Å². The Hall–Kier alpha value is -0.380. The van der Waals surface area contributed by atoms with Crippen molar-refractivity contribution in [2.75, 3.05) is 13.1 Å². The predicted molar refractivity (Wildman–Crippen MR) is 94.4 cm³/mol. The average molecular weight is 353 g/mol. The number of hydrogen-bond donors (Lipinski definition) is 1. The minimum atomic E-state index is 0.122. The van der Waals surface area contributed by atoms with Gasteiger partial charge in [0.15, 0.2) is 0 Å². The molecule has 0 saturated heterocycles. The molecular formula is C18H29BrN2. The highest BCUT2D eigenvalue weighted by Gasteiger charge is 2.23. The van der Waals surface area contributed by atoms with Crippen LogP contribution in [0.25, 0.3) is 0 Å². The highest BCUT2D eigenvalue weighted by molar-refractivity contribution is 9.10. The maximum absolute atomic E-state index is 6.42. The average Bonchev–Trinajstić information content (AvgIpc) is 2.97. The summed E-state index contributed by atoms with van der Waals surface area (Å²) in [5, 5.41) is 0. The fourth-order valence-corrected chi connectivity index (χ4v) is 3.98. The summed E-state index contributed by atoms with van der Waals surface area (Å²) in [4.78, 5) is 2.69. The van der Waals surface area contributed by atoms with Crippen LogP contribution < -0.4 is 5.73 Å². The van der Waals surface area contributed by atoms with E-state index in [4.69, 9.17) is 5.73 Å². The fraction of sp³-hybridized carbons (Fsp3) is 0.667. The molecule has 1 aromatic rings.